The minimum atomic E-state index is -0.281. The summed E-state index contributed by atoms with van der Waals surface area (Å²) in [7, 11) is 0. The lowest BCUT2D eigenvalue weighted by Gasteiger charge is -2.20. The van der Waals surface area contributed by atoms with Crippen LogP contribution in [0.4, 0.5) is 5.69 Å². The van der Waals surface area contributed by atoms with Gasteiger partial charge in [-0.25, -0.2) is 5.01 Å². The Balaban J connectivity index is 2.26. The summed E-state index contributed by atoms with van der Waals surface area (Å²) in [4.78, 5) is 0. The van der Waals surface area contributed by atoms with Crippen LogP contribution in [0.3, 0.4) is 0 Å². The van der Waals surface area contributed by atoms with E-state index in [1.54, 1.807) is 17.4 Å². The Morgan fingerprint density at radius 3 is 2.64 bits per heavy atom. The van der Waals surface area contributed by atoms with Crippen LogP contribution in [0.15, 0.2) is 46.7 Å². The quantitative estimate of drug-likeness (QED) is 0.764. The van der Waals surface area contributed by atoms with E-state index in [0.29, 0.717) is 5.03 Å². The lowest BCUT2D eigenvalue weighted by atomic mass is 10.3. The number of anilines is 1. The number of halogens is 1. The molecular formula is C10H10ClN3. The van der Waals surface area contributed by atoms with Gasteiger partial charge in [-0.05, 0) is 12.1 Å². The number of nitrogens with two attached hydrogens (primary N) is 1. The van der Waals surface area contributed by atoms with Gasteiger partial charge in [-0.3, -0.25) is 0 Å². The Bertz CT molecular complexity index is 372. The van der Waals surface area contributed by atoms with E-state index >= 15 is 0 Å². The van der Waals surface area contributed by atoms with Crippen LogP contribution in [-0.2, 0) is 0 Å². The summed E-state index contributed by atoms with van der Waals surface area (Å²) in [6, 6.07) is 9.47. The van der Waals surface area contributed by atoms with E-state index in [9.17, 15) is 0 Å². The minimum Gasteiger partial charge on any atom is -0.319 e. The molecule has 2 N–H and O–H groups in total. The number of benzene rings is 1. The molecule has 0 fully saturated rings. The first kappa shape index (κ1) is 9.24. The highest BCUT2D eigenvalue weighted by atomic mass is 35.5. The molecule has 0 radical (unpaired) electrons. The third-order valence-corrected chi connectivity index (χ3v) is 2.29. The third-order valence-electron chi connectivity index (χ3n) is 1.94. The Kier molecular flexibility index (Phi) is 2.52. The van der Waals surface area contributed by atoms with E-state index < -0.39 is 0 Å². The third kappa shape index (κ3) is 1.78. The van der Waals surface area contributed by atoms with Gasteiger partial charge >= 0.3 is 0 Å². The summed E-state index contributed by atoms with van der Waals surface area (Å²) in [5.41, 5.74) is 6.61. The normalized spacial score (nSPS) is 20.9. The monoisotopic (exact) mass is 207 g/mol. The molecule has 0 aromatic heterocycles. The predicted octanol–water partition coefficient (Wildman–Crippen LogP) is 1.90. The number of hydrazone groups is 1. The van der Waals surface area contributed by atoms with E-state index in [4.69, 9.17) is 17.3 Å². The molecule has 0 saturated heterocycles. The van der Waals surface area contributed by atoms with Crippen LogP contribution in [0, 0.1) is 0 Å². The summed E-state index contributed by atoms with van der Waals surface area (Å²) >= 11 is 5.91. The molecule has 0 spiro atoms. The summed E-state index contributed by atoms with van der Waals surface area (Å²) in [6.07, 6.45) is 3.34. The van der Waals surface area contributed by atoms with E-state index in [2.05, 4.69) is 5.10 Å². The highest BCUT2D eigenvalue weighted by Crippen LogP contribution is 2.19. The average molecular weight is 208 g/mol. The van der Waals surface area contributed by atoms with Gasteiger partial charge in [-0.15, -0.1) is 0 Å². The van der Waals surface area contributed by atoms with Crippen molar-refractivity contribution in [2.24, 2.45) is 10.8 Å². The van der Waals surface area contributed by atoms with Crippen molar-refractivity contribution >= 4 is 23.5 Å². The van der Waals surface area contributed by atoms with E-state index in [-0.39, 0.29) is 6.04 Å². The van der Waals surface area contributed by atoms with Gasteiger partial charge in [-0.1, -0.05) is 29.8 Å². The Labute approximate surface area is 87.5 Å². The highest BCUT2D eigenvalue weighted by Gasteiger charge is 2.12. The SMILES string of the molecule is NC1C=NN(c2ccccc2)C=C1Cl. The van der Waals surface area contributed by atoms with Crippen molar-refractivity contribution in [3.8, 4) is 0 Å². The first-order valence-corrected chi connectivity index (χ1v) is 4.66. The molecular weight excluding hydrogens is 198 g/mol. The van der Waals surface area contributed by atoms with Crippen LogP contribution in [0.1, 0.15) is 0 Å². The van der Waals surface area contributed by atoms with Crippen molar-refractivity contribution in [3.63, 3.8) is 0 Å². The fourth-order valence-corrected chi connectivity index (χ4v) is 1.32. The molecule has 1 aromatic rings. The predicted molar refractivity (Wildman–Crippen MR) is 59.3 cm³/mol. The Morgan fingerprint density at radius 1 is 1.29 bits per heavy atom. The van der Waals surface area contributed by atoms with Crippen LogP contribution >= 0.6 is 11.6 Å². The van der Waals surface area contributed by atoms with E-state index in [1.165, 1.54) is 0 Å². The first-order chi connectivity index (χ1) is 6.77. The zero-order valence-electron chi connectivity index (χ0n) is 7.47. The molecule has 1 aliphatic heterocycles. The number of rotatable bonds is 1. The average Bonchev–Trinajstić information content (AvgIpc) is 2.23. The molecule has 0 saturated carbocycles. The van der Waals surface area contributed by atoms with Gasteiger partial charge in [0.1, 0.15) is 0 Å². The summed E-state index contributed by atoms with van der Waals surface area (Å²) in [5.74, 6) is 0. The van der Waals surface area contributed by atoms with Crippen LogP contribution in [0.2, 0.25) is 0 Å². The topological polar surface area (TPSA) is 41.6 Å². The molecule has 1 aliphatic rings. The summed E-state index contributed by atoms with van der Waals surface area (Å²) in [5, 5.41) is 6.44. The molecule has 0 amide bonds. The van der Waals surface area contributed by atoms with Gasteiger partial charge in [0, 0.05) is 12.4 Å². The van der Waals surface area contributed by atoms with Crippen LogP contribution in [-0.4, -0.2) is 12.3 Å². The molecule has 14 heavy (non-hydrogen) atoms. The Hall–Kier alpha value is -1.32. The fourth-order valence-electron chi connectivity index (χ4n) is 1.17. The standard InChI is InChI=1S/C10H10ClN3/c11-9-7-14(13-6-10(9)12)8-4-2-1-3-5-8/h1-7,10H,12H2. The molecule has 72 valence electrons. The molecule has 1 unspecified atom stereocenters. The van der Waals surface area contributed by atoms with Crippen molar-refractivity contribution in [3.05, 3.63) is 41.6 Å². The Morgan fingerprint density at radius 2 is 2.00 bits per heavy atom. The summed E-state index contributed by atoms with van der Waals surface area (Å²) < 4.78 is 0. The second-order valence-electron chi connectivity index (χ2n) is 2.98. The van der Waals surface area contributed by atoms with Crippen molar-refractivity contribution < 1.29 is 0 Å². The molecule has 2 rings (SSSR count). The number of para-hydroxylation sites is 1. The molecule has 3 nitrogen and oxygen atoms in total. The molecule has 1 heterocycles. The van der Waals surface area contributed by atoms with E-state index in [0.717, 1.165) is 5.69 Å². The van der Waals surface area contributed by atoms with Gasteiger partial charge in [0.2, 0.25) is 0 Å². The van der Waals surface area contributed by atoms with Crippen molar-refractivity contribution in [1.82, 2.24) is 0 Å². The molecule has 1 aromatic carbocycles. The maximum atomic E-state index is 5.91. The lowest BCUT2D eigenvalue weighted by molar-refractivity contribution is 0.968. The van der Waals surface area contributed by atoms with Gasteiger partial charge in [0.15, 0.2) is 0 Å². The molecule has 0 bridgehead atoms. The van der Waals surface area contributed by atoms with Gasteiger partial charge in [-0.2, -0.15) is 5.10 Å². The van der Waals surface area contributed by atoms with Gasteiger partial charge < -0.3 is 5.73 Å². The highest BCUT2D eigenvalue weighted by molar-refractivity contribution is 6.31. The zero-order valence-corrected chi connectivity index (χ0v) is 8.22. The van der Waals surface area contributed by atoms with Crippen molar-refractivity contribution in [2.45, 2.75) is 6.04 Å². The number of hydrogen-bond donors (Lipinski definition) is 1. The van der Waals surface area contributed by atoms with Gasteiger partial charge in [0.05, 0.1) is 16.8 Å². The van der Waals surface area contributed by atoms with Crippen molar-refractivity contribution in [1.29, 1.82) is 0 Å². The molecule has 4 heteroatoms. The summed E-state index contributed by atoms with van der Waals surface area (Å²) in [6.45, 7) is 0. The molecule has 1 atom stereocenters. The van der Waals surface area contributed by atoms with Crippen molar-refractivity contribution in [2.75, 3.05) is 5.01 Å². The fraction of sp³-hybridized carbons (Fsp3) is 0.100. The smallest absolute Gasteiger partial charge is 0.0797 e. The maximum absolute atomic E-state index is 5.91. The van der Waals surface area contributed by atoms with Crippen LogP contribution in [0.25, 0.3) is 0 Å². The van der Waals surface area contributed by atoms with Gasteiger partial charge in [0.25, 0.3) is 0 Å². The first-order valence-electron chi connectivity index (χ1n) is 4.28. The lowest BCUT2D eigenvalue weighted by Crippen LogP contribution is -2.28. The van der Waals surface area contributed by atoms with E-state index in [1.807, 2.05) is 30.3 Å². The van der Waals surface area contributed by atoms with Crippen LogP contribution in [0.5, 0.6) is 0 Å². The second kappa shape index (κ2) is 3.82. The van der Waals surface area contributed by atoms with Crippen LogP contribution < -0.4 is 10.7 Å². The maximum Gasteiger partial charge on any atom is 0.0797 e. The number of hydrogen-bond acceptors (Lipinski definition) is 3. The molecule has 0 aliphatic carbocycles. The zero-order chi connectivity index (χ0) is 9.97. The minimum absolute atomic E-state index is 0.281. The second-order valence-corrected chi connectivity index (χ2v) is 3.42. The number of nitrogens with zero attached hydrogens (tertiary/aromatic N) is 2. The largest absolute Gasteiger partial charge is 0.319 e.